The molecule has 9 heteroatoms. The average Bonchev–Trinajstić information content (AvgIpc) is 2.81. The summed E-state index contributed by atoms with van der Waals surface area (Å²) in [5, 5.41) is 11.5. The molecule has 166 valence electrons. The van der Waals surface area contributed by atoms with Gasteiger partial charge >= 0.3 is 11.9 Å². The van der Waals surface area contributed by atoms with Gasteiger partial charge in [-0.25, -0.2) is 9.59 Å². The number of nitrogens with two attached hydrogens (primary N) is 1. The van der Waals surface area contributed by atoms with E-state index < -0.39 is 36.5 Å². The van der Waals surface area contributed by atoms with Crippen LogP contribution in [0.2, 0.25) is 0 Å². The van der Waals surface area contributed by atoms with Crippen molar-refractivity contribution >= 4 is 29.6 Å². The molecule has 2 atom stereocenters. The van der Waals surface area contributed by atoms with Crippen LogP contribution in [0, 0.1) is 0 Å². The van der Waals surface area contributed by atoms with Crippen molar-refractivity contribution in [2.45, 2.75) is 12.1 Å². The summed E-state index contributed by atoms with van der Waals surface area (Å²) >= 11 is 1.33. The highest BCUT2D eigenvalue weighted by atomic mass is 32.2. The Morgan fingerprint density at radius 2 is 1.81 bits per heavy atom. The van der Waals surface area contributed by atoms with Crippen molar-refractivity contribution in [1.29, 1.82) is 0 Å². The minimum Gasteiger partial charge on any atom is -0.467 e. The van der Waals surface area contributed by atoms with E-state index >= 15 is 0 Å². The van der Waals surface area contributed by atoms with Crippen molar-refractivity contribution in [3.63, 3.8) is 0 Å². The summed E-state index contributed by atoms with van der Waals surface area (Å²) in [6.07, 6.45) is 0. The molecule has 0 aliphatic carbocycles. The normalized spacial score (nSPS) is 12.5. The molecule has 0 saturated carbocycles. The van der Waals surface area contributed by atoms with Crippen molar-refractivity contribution in [3.8, 4) is 11.1 Å². The van der Waals surface area contributed by atoms with Gasteiger partial charge in [0.15, 0.2) is 6.04 Å². The van der Waals surface area contributed by atoms with Crippen LogP contribution in [0.5, 0.6) is 0 Å². The quantitative estimate of drug-likeness (QED) is 0.347. The van der Waals surface area contributed by atoms with E-state index in [0.717, 1.165) is 18.2 Å². The Kier molecular flexibility index (Phi) is 10.0. The Bertz CT molecular complexity index is 877. The molecule has 0 heterocycles. The van der Waals surface area contributed by atoms with E-state index in [1.165, 1.54) is 11.8 Å². The topological polar surface area (TPSA) is 128 Å². The third kappa shape index (κ3) is 7.71. The lowest BCUT2D eigenvalue weighted by atomic mass is 10.0. The number of aliphatic hydroxyl groups is 1. The first-order valence-corrected chi connectivity index (χ1v) is 10.8. The van der Waals surface area contributed by atoms with Gasteiger partial charge in [0.1, 0.15) is 6.61 Å². The van der Waals surface area contributed by atoms with Crippen LogP contribution in [0.25, 0.3) is 11.1 Å². The number of hydrogen-bond acceptors (Lipinski definition) is 8. The molecule has 1 amide bonds. The standard InChI is InChI=1S/C22H26N2O6S/c1-29-22(28)19(13-25)24-20(26)18(23)14-31-11-10-30-21(27)17-9-5-8-16(12-17)15-6-3-2-4-7-15/h2-9,12,18-19,25H,10-11,13-14,23H2,1H3,(H,24,26)/t18-,19?/m0/s1. The molecule has 2 aromatic carbocycles. The zero-order chi connectivity index (χ0) is 22.6. The number of nitrogens with one attached hydrogen (secondary N) is 1. The van der Waals surface area contributed by atoms with Crippen molar-refractivity contribution in [3.05, 3.63) is 60.2 Å². The van der Waals surface area contributed by atoms with Gasteiger partial charge in [0.25, 0.3) is 0 Å². The number of thioether (sulfide) groups is 1. The molecular weight excluding hydrogens is 420 g/mol. The lowest BCUT2D eigenvalue weighted by molar-refractivity contribution is -0.146. The molecule has 2 rings (SSSR count). The molecule has 0 saturated heterocycles. The maximum absolute atomic E-state index is 12.3. The zero-order valence-corrected chi connectivity index (χ0v) is 18.0. The largest absolute Gasteiger partial charge is 0.467 e. The summed E-state index contributed by atoms with van der Waals surface area (Å²) in [5.74, 6) is -1.05. The number of methoxy groups -OCH3 is 1. The van der Waals surface area contributed by atoms with Gasteiger partial charge in [-0.3, -0.25) is 4.79 Å². The molecule has 0 spiro atoms. The van der Waals surface area contributed by atoms with Gasteiger partial charge in [-0.2, -0.15) is 11.8 Å². The van der Waals surface area contributed by atoms with Gasteiger partial charge in [0, 0.05) is 11.5 Å². The molecule has 0 aliphatic heterocycles. The molecule has 0 fully saturated rings. The highest BCUT2D eigenvalue weighted by molar-refractivity contribution is 7.99. The lowest BCUT2D eigenvalue weighted by Gasteiger charge is -2.17. The van der Waals surface area contributed by atoms with E-state index in [4.69, 9.17) is 15.6 Å². The summed E-state index contributed by atoms with van der Waals surface area (Å²) < 4.78 is 9.77. The molecule has 31 heavy (non-hydrogen) atoms. The molecule has 0 bridgehead atoms. The fraction of sp³-hybridized carbons (Fsp3) is 0.318. The number of rotatable bonds is 11. The molecule has 0 radical (unpaired) electrons. The van der Waals surface area contributed by atoms with E-state index in [1.807, 2.05) is 36.4 Å². The number of amides is 1. The zero-order valence-electron chi connectivity index (χ0n) is 17.2. The van der Waals surface area contributed by atoms with Gasteiger partial charge in [-0.15, -0.1) is 0 Å². The summed E-state index contributed by atoms with van der Waals surface area (Å²) in [6, 6.07) is 14.9. The summed E-state index contributed by atoms with van der Waals surface area (Å²) in [7, 11) is 1.16. The van der Waals surface area contributed by atoms with Crippen LogP contribution in [0.15, 0.2) is 54.6 Å². The van der Waals surface area contributed by atoms with Crippen molar-refractivity contribution in [2.24, 2.45) is 5.73 Å². The van der Waals surface area contributed by atoms with Crippen LogP contribution >= 0.6 is 11.8 Å². The molecular formula is C22H26N2O6S. The molecule has 4 N–H and O–H groups in total. The Labute approximate surface area is 185 Å². The molecule has 0 aliphatic rings. The number of ether oxygens (including phenoxy) is 2. The maximum Gasteiger partial charge on any atom is 0.338 e. The fourth-order valence-corrected chi connectivity index (χ4v) is 3.39. The third-order valence-corrected chi connectivity index (χ3v) is 5.34. The Balaban J connectivity index is 1.73. The molecule has 2 aromatic rings. The monoisotopic (exact) mass is 446 g/mol. The van der Waals surface area contributed by atoms with E-state index in [9.17, 15) is 14.4 Å². The number of carbonyl (C=O) groups is 3. The number of carbonyl (C=O) groups excluding carboxylic acids is 3. The van der Waals surface area contributed by atoms with Crippen LogP contribution in [0.4, 0.5) is 0 Å². The number of aliphatic hydroxyl groups excluding tert-OH is 1. The number of hydrogen-bond donors (Lipinski definition) is 3. The molecule has 8 nitrogen and oxygen atoms in total. The van der Waals surface area contributed by atoms with Crippen molar-refractivity contribution < 1.29 is 29.0 Å². The predicted octanol–water partition coefficient (Wildman–Crippen LogP) is 1.22. The van der Waals surface area contributed by atoms with Gasteiger partial charge in [0.2, 0.25) is 5.91 Å². The Morgan fingerprint density at radius 1 is 1.10 bits per heavy atom. The van der Waals surface area contributed by atoms with E-state index in [-0.39, 0.29) is 12.4 Å². The first kappa shape index (κ1) is 24.4. The van der Waals surface area contributed by atoms with Crippen LogP contribution in [0.3, 0.4) is 0 Å². The Hall–Kier alpha value is -2.88. The average molecular weight is 447 g/mol. The van der Waals surface area contributed by atoms with Crippen LogP contribution in [0.1, 0.15) is 10.4 Å². The van der Waals surface area contributed by atoms with E-state index in [0.29, 0.717) is 11.3 Å². The highest BCUT2D eigenvalue weighted by Crippen LogP contribution is 2.20. The molecule has 0 aromatic heterocycles. The van der Waals surface area contributed by atoms with Crippen molar-refractivity contribution in [1.82, 2.24) is 5.32 Å². The second kappa shape index (κ2) is 12.7. The second-order valence-corrected chi connectivity index (χ2v) is 7.68. The Morgan fingerprint density at radius 3 is 2.48 bits per heavy atom. The van der Waals surface area contributed by atoms with E-state index in [1.54, 1.807) is 18.2 Å². The van der Waals surface area contributed by atoms with Gasteiger partial charge < -0.3 is 25.6 Å². The first-order chi connectivity index (χ1) is 15.0. The van der Waals surface area contributed by atoms with Gasteiger partial charge in [-0.05, 0) is 23.3 Å². The fourth-order valence-electron chi connectivity index (χ4n) is 2.62. The first-order valence-electron chi connectivity index (χ1n) is 9.61. The highest BCUT2D eigenvalue weighted by Gasteiger charge is 2.23. The van der Waals surface area contributed by atoms with E-state index in [2.05, 4.69) is 10.1 Å². The van der Waals surface area contributed by atoms with Crippen LogP contribution in [-0.2, 0) is 19.1 Å². The predicted molar refractivity (Wildman–Crippen MR) is 118 cm³/mol. The number of benzene rings is 2. The molecule has 1 unspecified atom stereocenters. The smallest absolute Gasteiger partial charge is 0.338 e. The van der Waals surface area contributed by atoms with Gasteiger partial charge in [-0.1, -0.05) is 42.5 Å². The second-order valence-electron chi connectivity index (χ2n) is 6.53. The third-order valence-electron chi connectivity index (χ3n) is 4.29. The summed E-state index contributed by atoms with van der Waals surface area (Å²) in [6.45, 7) is -0.422. The maximum atomic E-state index is 12.3. The van der Waals surface area contributed by atoms with Gasteiger partial charge in [0.05, 0.1) is 25.3 Å². The lowest BCUT2D eigenvalue weighted by Crippen LogP contribution is -2.51. The SMILES string of the molecule is COC(=O)C(CO)NC(=O)[C@@H](N)CSCCOC(=O)c1cccc(-c2ccccc2)c1. The summed E-state index contributed by atoms with van der Waals surface area (Å²) in [4.78, 5) is 35.7. The minimum atomic E-state index is -1.15. The van der Waals surface area contributed by atoms with Crippen molar-refractivity contribution in [2.75, 3.05) is 31.8 Å². The number of esters is 2. The van der Waals surface area contributed by atoms with Crippen LogP contribution in [-0.4, -0.2) is 66.9 Å². The minimum absolute atomic E-state index is 0.162. The van der Waals surface area contributed by atoms with Crippen LogP contribution < -0.4 is 11.1 Å². The summed E-state index contributed by atoms with van der Waals surface area (Å²) in [5.41, 5.74) is 8.19.